The molecule has 1 aliphatic rings. The van der Waals surface area contributed by atoms with Crippen LogP contribution >= 0.6 is 0 Å². The molecule has 2 aromatic rings. The second kappa shape index (κ2) is 4.70. The first kappa shape index (κ1) is 13.3. The van der Waals surface area contributed by atoms with Crippen molar-refractivity contribution in [3.63, 3.8) is 0 Å². The standard InChI is InChI=1S/C16H13NO4/c1-9-5-10(2)14-13(6-9)17(16(20)15(14)19)7-11-3-4-12(8-18)21-11/h3-6,8H,7H2,1-2H3. The average molecular weight is 283 g/mol. The van der Waals surface area contributed by atoms with Crippen molar-refractivity contribution in [3.05, 3.63) is 52.5 Å². The highest BCUT2D eigenvalue weighted by molar-refractivity contribution is 6.52. The van der Waals surface area contributed by atoms with Crippen LogP contribution in [0.2, 0.25) is 0 Å². The van der Waals surface area contributed by atoms with Crippen LogP contribution in [0.5, 0.6) is 0 Å². The van der Waals surface area contributed by atoms with Gasteiger partial charge in [-0.25, -0.2) is 0 Å². The number of carbonyl (C=O) groups excluding carboxylic acids is 3. The van der Waals surface area contributed by atoms with E-state index in [1.807, 2.05) is 26.0 Å². The minimum Gasteiger partial charge on any atom is -0.456 e. The van der Waals surface area contributed by atoms with Crippen LogP contribution in [0.4, 0.5) is 5.69 Å². The fraction of sp³-hybridized carbons (Fsp3) is 0.188. The second-order valence-electron chi connectivity index (χ2n) is 5.12. The van der Waals surface area contributed by atoms with Crippen molar-refractivity contribution < 1.29 is 18.8 Å². The predicted molar refractivity (Wildman–Crippen MR) is 75.5 cm³/mol. The number of aldehydes is 1. The van der Waals surface area contributed by atoms with Gasteiger partial charge in [0, 0.05) is 0 Å². The van der Waals surface area contributed by atoms with Crippen LogP contribution < -0.4 is 4.90 Å². The fourth-order valence-electron chi connectivity index (χ4n) is 2.65. The zero-order chi connectivity index (χ0) is 15.1. The van der Waals surface area contributed by atoms with Gasteiger partial charge in [0.2, 0.25) is 0 Å². The lowest BCUT2D eigenvalue weighted by Gasteiger charge is -2.15. The van der Waals surface area contributed by atoms with Crippen molar-refractivity contribution in [2.45, 2.75) is 20.4 Å². The smallest absolute Gasteiger partial charge is 0.299 e. The van der Waals surface area contributed by atoms with Crippen LogP contribution in [0.3, 0.4) is 0 Å². The molecule has 0 unspecified atom stereocenters. The molecule has 5 nitrogen and oxygen atoms in total. The minimum atomic E-state index is -0.567. The average Bonchev–Trinajstić information content (AvgIpc) is 2.98. The molecule has 1 aromatic heterocycles. The second-order valence-corrected chi connectivity index (χ2v) is 5.12. The normalized spacial score (nSPS) is 13.7. The number of amides is 1. The summed E-state index contributed by atoms with van der Waals surface area (Å²) in [4.78, 5) is 36.3. The molecule has 21 heavy (non-hydrogen) atoms. The van der Waals surface area contributed by atoms with E-state index in [0.29, 0.717) is 23.3 Å². The molecule has 0 saturated heterocycles. The number of nitrogens with zero attached hydrogens (tertiary/aromatic N) is 1. The van der Waals surface area contributed by atoms with Crippen molar-refractivity contribution in [2.24, 2.45) is 0 Å². The molecule has 0 bridgehead atoms. The number of benzene rings is 1. The third-order valence-electron chi connectivity index (χ3n) is 3.53. The summed E-state index contributed by atoms with van der Waals surface area (Å²) in [5, 5.41) is 0. The third kappa shape index (κ3) is 2.07. The molecule has 2 heterocycles. The Hall–Kier alpha value is -2.69. The van der Waals surface area contributed by atoms with Crippen molar-refractivity contribution in [3.8, 4) is 0 Å². The summed E-state index contributed by atoms with van der Waals surface area (Å²) in [6, 6.07) is 6.86. The number of hydrogen-bond acceptors (Lipinski definition) is 4. The highest BCUT2D eigenvalue weighted by atomic mass is 16.3. The maximum atomic E-state index is 12.2. The highest BCUT2D eigenvalue weighted by Crippen LogP contribution is 2.33. The number of ketones is 1. The number of rotatable bonds is 3. The van der Waals surface area contributed by atoms with E-state index in [1.54, 1.807) is 6.07 Å². The number of aryl methyl sites for hydroxylation is 2. The zero-order valence-corrected chi connectivity index (χ0v) is 11.7. The van der Waals surface area contributed by atoms with Gasteiger partial charge in [0.25, 0.3) is 11.7 Å². The van der Waals surface area contributed by atoms with Crippen molar-refractivity contribution >= 4 is 23.7 Å². The van der Waals surface area contributed by atoms with Crippen LogP contribution in [0.15, 0.2) is 28.7 Å². The Labute approximate surface area is 121 Å². The maximum absolute atomic E-state index is 12.2. The van der Waals surface area contributed by atoms with Gasteiger partial charge in [-0.3, -0.25) is 19.3 Å². The topological polar surface area (TPSA) is 67.6 Å². The molecule has 3 rings (SSSR count). The van der Waals surface area contributed by atoms with Gasteiger partial charge < -0.3 is 4.42 Å². The lowest BCUT2D eigenvalue weighted by atomic mass is 10.0. The lowest BCUT2D eigenvalue weighted by molar-refractivity contribution is -0.114. The van der Waals surface area contributed by atoms with Gasteiger partial charge in [0.15, 0.2) is 12.0 Å². The van der Waals surface area contributed by atoms with Crippen LogP contribution in [-0.4, -0.2) is 18.0 Å². The third-order valence-corrected chi connectivity index (χ3v) is 3.53. The number of hydrogen-bond donors (Lipinski definition) is 0. The Morgan fingerprint density at radius 1 is 1.19 bits per heavy atom. The monoisotopic (exact) mass is 283 g/mol. The first-order chi connectivity index (χ1) is 10.0. The van der Waals surface area contributed by atoms with E-state index >= 15 is 0 Å². The first-order valence-electron chi connectivity index (χ1n) is 6.52. The summed E-state index contributed by atoms with van der Waals surface area (Å²) >= 11 is 0. The molecule has 0 aliphatic carbocycles. The highest BCUT2D eigenvalue weighted by Gasteiger charge is 2.37. The Morgan fingerprint density at radius 2 is 1.95 bits per heavy atom. The Kier molecular flexibility index (Phi) is 2.97. The molecule has 0 radical (unpaired) electrons. The Bertz CT molecular complexity index is 773. The Balaban J connectivity index is 2.03. The minimum absolute atomic E-state index is 0.133. The number of carbonyl (C=O) groups is 3. The summed E-state index contributed by atoms with van der Waals surface area (Å²) in [6.45, 7) is 3.86. The summed E-state index contributed by atoms with van der Waals surface area (Å²) < 4.78 is 5.28. The van der Waals surface area contributed by atoms with Gasteiger partial charge in [-0.15, -0.1) is 0 Å². The fourth-order valence-corrected chi connectivity index (χ4v) is 2.65. The van der Waals surface area contributed by atoms with Gasteiger partial charge >= 0.3 is 0 Å². The largest absolute Gasteiger partial charge is 0.456 e. The van der Waals surface area contributed by atoms with Crippen LogP contribution in [0.1, 0.15) is 37.8 Å². The predicted octanol–water partition coefficient (Wildman–Crippen LogP) is 2.44. The van der Waals surface area contributed by atoms with Crippen LogP contribution in [-0.2, 0) is 11.3 Å². The van der Waals surface area contributed by atoms with Crippen molar-refractivity contribution in [1.29, 1.82) is 0 Å². The van der Waals surface area contributed by atoms with E-state index in [9.17, 15) is 14.4 Å². The van der Waals surface area contributed by atoms with Gasteiger partial charge in [0.1, 0.15) is 5.76 Å². The summed E-state index contributed by atoms with van der Waals surface area (Å²) in [5.74, 6) is -0.402. The molecule has 106 valence electrons. The quantitative estimate of drug-likeness (QED) is 0.641. The van der Waals surface area contributed by atoms with Crippen LogP contribution in [0.25, 0.3) is 0 Å². The summed E-state index contributed by atoms with van der Waals surface area (Å²) in [7, 11) is 0. The molecule has 0 spiro atoms. The van der Waals surface area contributed by atoms with Crippen molar-refractivity contribution in [2.75, 3.05) is 4.90 Å². The maximum Gasteiger partial charge on any atom is 0.299 e. The van der Waals surface area contributed by atoms with Gasteiger partial charge in [0.05, 0.1) is 17.8 Å². The summed E-state index contributed by atoms with van der Waals surface area (Å²) in [6.07, 6.45) is 0.600. The molecular weight excluding hydrogens is 270 g/mol. The van der Waals surface area contributed by atoms with Crippen molar-refractivity contribution in [1.82, 2.24) is 0 Å². The molecule has 0 fully saturated rings. The molecule has 1 amide bonds. The van der Waals surface area contributed by atoms with E-state index in [-0.39, 0.29) is 12.3 Å². The molecular formula is C16H13NO4. The first-order valence-corrected chi connectivity index (χ1v) is 6.52. The van der Waals surface area contributed by atoms with Gasteiger partial charge in [-0.05, 0) is 43.2 Å². The molecule has 0 saturated carbocycles. The van der Waals surface area contributed by atoms with Gasteiger partial charge in [-0.1, -0.05) is 6.07 Å². The number of furan rings is 1. The van der Waals surface area contributed by atoms with E-state index in [2.05, 4.69) is 0 Å². The van der Waals surface area contributed by atoms with E-state index in [0.717, 1.165) is 11.1 Å². The van der Waals surface area contributed by atoms with E-state index in [1.165, 1.54) is 11.0 Å². The zero-order valence-electron chi connectivity index (χ0n) is 11.7. The van der Waals surface area contributed by atoms with E-state index < -0.39 is 11.7 Å². The molecule has 5 heteroatoms. The molecule has 0 atom stereocenters. The Morgan fingerprint density at radius 3 is 2.62 bits per heavy atom. The number of Topliss-reactive ketones (excluding diaryl/α,β-unsaturated/α-hetero) is 1. The van der Waals surface area contributed by atoms with Gasteiger partial charge in [-0.2, -0.15) is 0 Å². The molecule has 1 aliphatic heterocycles. The summed E-state index contributed by atoms with van der Waals surface area (Å²) in [5.41, 5.74) is 2.82. The van der Waals surface area contributed by atoms with E-state index in [4.69, 9.17) is 4.42 Å². The van der Waals surface area contributed by atoms with Crippen LogP contribution in [0, 0.1) is 13.8 Å². The molecule has 1 aromatic carbocycles. The number of anilines is 1. The SMILES string of the molecule is Cc1cc(C)c2c(c1)N(Cc1ccc(C=O)o1)C(=O)C2=O. The lowest BCUT2D eigenvalue weighted by Crippen LogP contribution is -2.29. The molecule has 0 N–H and O–H groups in total. The number of fused-ring (bicyclic) bond motifs is 1.